The van der Waals surface area contributed by atoms with Crippen molar-refractivity contribution in [2.75, 3.05) is 6.54 Å². The van der Waals surface area contributed by atoms with Crippen LogP contribution in [0, 0.1) is 13.8 Å². The van der Waals surface area contributed by atoms with Crippen LogP contribution in [0.1, 0.15) is 56.6 Å². The van der Waals surface area contributed by atoms with Gasteiger partial charge in [0.2, 0.25) is 0 Å². The smallest absolute Gasteiger partial charge is 0.0305 e. The zero-order chi connectivity index (χ0) is 12.1. The Morgan fingerprint density at radius 1 is 1.31 bits per heavy atom. The van der Waals surface area contributed by atoms with Crippen LogP contribution in [0.5, 0.6) is 0 Å². The zero-order valence-corrected chi connectivity index (χ0v) is 11.4. The standard InChI is InChI=1S/C14H26N2/c1-6-8-15-10-14-9-12(4)16(13(14)5)11(3)7-2/h9,11,15H,6-8,10H2,1-5H3/t11-/m0/s1. The highest BCUT2D eigenvalue weighted by molar-refractivity contribution is 5.27. The van der Waals surface area contributed by atoms with Gasteiger partial charge in [0.25, 0.3) is 0 Å². The average molecular weight is 222 g/mol. The molecule has 16 heavy (non-hydrogen) atoms. The minimum atomic E-state index is 0.611. The number of hydrogen-bond acceptors (Lipinski definition) is 1. The molecule has 0 bridgehead atoms. The molecule has 0 aliphatic carbocycles. The van der Waals surface area contributed by atoms with Gasteiger partial charge in [0.15, 0.2) is 0 Å². The van der Waals surface area contributed by atoms with Crippen molar-refractivity contribution in [3.8, 4) is 0 Å². The van der Waals surface area contributed by atoms with Gasteiger partial charge in [0.1, 0.15) is 0 Å². The van der Waals surface area contributed by atoms with Crippen LogP contribution in [0.25, 0.3) is 0 Å². The monoisotopic (exact) mass is 222 g/mol. The van der Waals surface area contributed by atoms with Crippen molar-refractivity contribution in [2.24, 2.45) is 0 Å². The zero-order valence-electron chi connectivity index (χ0n) is 11.4. The predicted octanol–water partition coefficient (Wildman–Crippen LogP) is 3.58. The van der Waals surface area contributed by atoms with Gasteiger partial charge in [0, 0.05) is 24.0 Å². The summed E-state index contributed by atoms with van der Waals surface area (Å²) in [5, 5.41) is 3.48. The molecule has 0 saturated carbocycles. The van der Waals surface area contributed by atoms with Crippen molar-refractivity contribution >= 4 is 0 Å². The molecule has 1 rings (SSSR count). The maximum absolute atomic E-state index is 3.48. The average Bonchev–Trinajstić information content (AvgIpc) is 2.54. The van der Waals surface area contributed by atoms with Gasteiger partial charge in [-0.1, -0.05) is 13.8 Å². The van der Waals surface area contributed by atoms with E-state index in [2.05, 4.69) is 50.6 Å². The van der Waals surface area contributed by atoms with Crippen LogP contribution < -0.4 is 5.32 Å². The van der Waals surface area contributed by atoms with E-state index in [4.69, 9.17) is 0 Å². The van der Waals surface area contributed by atoms with Gasteiger partial charge in [-0.05, 0) is 51.8 Å². The van der Waals surface area contributed by atoms with Gasteiger partial charge >= 0.3 is 0 Å². The molecule has 2 nitrogen and oxygen atoms in total. The molecule has 0 radical (unpaired) electrons. The molecular formula is C14H26N2. The highest BCUT2D eigenvalue weighted by atomic mass is 15.0. The molecule has 92 valence electrons. The van der Waals surface area contributed by atoms with Gasteiger partial charge in [0.05, 0.1) is 0 Å². The minimum Gasteiger partial charge on any atom is -0.346 e. The topological polar surface area (TPSA) is 17.0 Å². The van der Waals surface area contributed by atoms with E-state index in [1.54, 1.807) is 0 Å². The van der Waals surface area contributed by atoms with Crippen LogP contribution in [0.4, 0.5) is 0 Å². The van der Waals surface area contributed by atoms with Crippen molar-refractivity contribution in [3.63, 3.8) is 0 Å². The third kappa shape index (κ3) is 2.88. The Bertz CT molecular complexity index is 326. The number of aryl methyl sites for hydroxylation is 1. The summed E-state index contributed by atoms with van der Waals surface area (Å²) < 4.78 is 2.46. The van der Waals surface area contributed by atoms with Crippen LogP contribution in [0.2, 0.25) is 0 Å². The molecule has 0 aliphatic rings. The second-order valence-electron chi connectivity index (χ2n) is 4.70. The second-order valence-corrected chi connectivity index (χ2v) is 4.70. The van der Waals surface area contributed by atoms with Crippen molar-refractivity contribution in [2.45, 2.75) is 60.0 Å². The Kier molecular flexibility index (Phi) is 5.07. The summed E-state index contributed by atoms with van der Waals surface area (Å²) in [5.74, 6) is 0. The number of rotatable bonds is 6. The normalized spacial score (nSPS) is 13.1. The molecule has 0 unspecified atom stereocenters. The first-order valence-electron chi connectivity index (χ1n) is 6.49. The molecule has 0 saturated heterocycles. The van der Waals surface area contributed by atoms with Gasteiger partial charge in [-0.25, -0.2) is 0 Å². The van der Waals surface area contributed by atoms with E-state index < -0.39 is 0 Å². The van der Waals surface area contributed by atoms with Crippen molar-refractivity contribution in [1.82, 2.24) is 9.88 Å². The van der Waals surface area contributed by atoms with Gasteiger partial charge in [-0.15, -0.1) is 0 Å². The predicted molar refractivity (Wildman–Crippen MR) is 70.9 cm³/mol. The summed E-state index contributed by atoms with van der Waals surface area (Å²) in [6.45, 7) is 13.3. The summed E-state index contributed by atoms with van der Waals surface area (Å²) in [7, 11) is 0. The molecule has 1 N–H and O–H groups in total. The Morgan fingerprint density at radius 3 is 2.56 bits per heavy atom. The molecule has 0 spiro atoms. The van der Waals surface area contributed by atoms with Crippen molar-refractivity contribution in [3.05, 3.63) is 23.0 Å². The molecule has 0 aromatic carbocycles. The first kappa shape index (κ1) is 13.3. The van der Waals surface area contributed by atoms with E-state index in [1.807, 2.05) is 0 Å². The molecular weight excluding hydrogens is 196 g/mol. The lowest BCUT2D eigenvalue weighted by molar-refractivity contribution is 0.509. The van der Waals surface area contributed by atoms with Gasteiger partial charge in [-0.2, -0.15) is 0 Å². The SMILES string of the molecule is CCCNCc1cc(C)n([C@@H](C)CC)c1C. The van der Waals surface area contributed by atoms with Crippen molar-refractivity contribution < 1.29 is 0 Å². The third-order valence-corrected chi connectivity index (χ3v) is 3.36. The van der Waals surface area contributed by atoms with E-state index >= 15 is 0 Å². The molecule has 0 fully saturated rings. The molecule has 1 aromatic rings. The fraction of sp³-hybridized carbons (Fsp3) is 0.714. The highest BCUT2D eigenvalue weighted by Gasteiger charge is 2.12. The Morgan fingerprint density at radius 2 is 2.00 bits per heavy atom. The van der Waals surface area contributed by atoms with E-state index in [1.165, 1.54) is 29.8 Å². The number of nitrogens with one attached hydrogen (secondary N) is 1. The van der Waals surface area contributed by atoms with Gasteiger partial charge in [-0.3, -0.25) is 0 Å². The van der Waals surface area contributed by atoms with Crippen LogP contribution in [-0.4, -0.2) is 11.1 Å². The Hall–Kier alpha value is -0.760. The molecule has 1 heterocycles. The Balaban J connectivity index is 2.80. The minimum absolute atomic E-state index is 0.611. The fourth-order valence-electron chi connectivity index (χ4n) is 2.28. The number of hydrogen-bond donors (Lipinski definition) is 1. The second kappa shape index (κ2) is 6.09. The summed E-state index contributed by atoms with van der Waals surface area (Å²) in [6.07, 6.45) is 2.39. The van der Waals surface area contributed by atoms with Crippen molar-refractivity contribution in [1.29, 1.82) is 0 Å². The maximum atomic E-state index is 3.48. The number of nitrogens with zero attached hydrogens (tertiary/aromatic N) is 1. The summed E-state index contributed by atoms with van der Waals surface area (Å²) >= 11 is 0. The first-order valence-corrected chi connectivity index (χ1v) is 6.49. The molecule has 0 amide bonds. The first-order chi connectivity index (χ1) is 7.61. The van der Waals surface area contributed by atoms with E-state index in [-0.39, 0.29) is 0 Å². The van der Waals surface area contributed by atoms with Crippen LogP contribution in [0.15, 0.2) is 6.07 Å². The van der Waals surface area contributed by atoms with Crippen LogP contribution in [0.3, 0.4) is 0 Å². The lowest BCUT2D eigenvalue weighted by Crippen LogP contribution is -2.15. The highest BCUT2D eigenvalue weighted by Crippen LogP contribution is 2.22. The lowest BCUT2D eigenvalue weighted by Gasteiger charge is -2.17. The number of aromatic nitrogens is 1. The van der Waals surface area contributed by atoms with Crippen LogP contribution >= 0.6 is 0 Å². The van der Waals surface area contributed by atoms with E-state index in [9.17, 15) is 0 Å². The molecule has 2 heteroatoms. The summed E-state index contributed by atoms with van der Waals surface area (Å²) in [4.78, 5) is 0. The van der Waals surface area contributed by atoms with Gasteiger partial charge < -0.3 is 9.88 Å². The molecule has 1 aromatic heterocycles. The fourth-order valence-corrected chi connectivity index (χ4v) is 2.28. The molecule has 0 aliphatic heterocycles. The Labute approximate surface area is 100 Å². The third-order valence-electron chi connectivity index (χ3n) is 3.36. The van der Waals surface area contributed by atoms with E-state index in [0.717, 1.165) is 13.1 Å². The van der Waals surface area contributed by atoms with Crippen LogP contribution in [-0.2, 0) is 6.54 Å². The largest absolute Gasteiger partial charge is 0.346 e. The quantitative estimate of drug-likeness (QED) is 0.728. The molecule has 1 atom stereocenters. The van der Waals surface area contributed by atoms with E-state index in [0.29, 0.717) is 6.04 Å². The lowest BCUT2D eigenvalue weighted by atomic mass is 10.2. The summed E-state index contributed by atoms with van der Waals surface area (Å²) in [6, 6.07) is 2.93. The summed E-state index contributed by atoms with van der Waals surface area (Å²) in [5.41, 5.74) is 4.27. The maximum Gasteiger partial charge on any atom is 0.0305 e.